The highest BCUT2D eigenvalue weighted by Gasteiger charge is 2.31. The van der Waals surface area contributed by atoms with Crippen LogP contribution in [-0.4, -0.2) is 53.1 Å². The number of hydrogen-bond acceptors (Lipinski definition) is 5. The van der Waals surface area contributed by atoms with Crippen molar-refractivity contribution in [2.75, 3.05) is 45.3 Å². The van der Waals surface area contributed by atoms with Gasteiger partial charge >= 0.3 is 0 Å². The van der Waals surface area contributed by atoms with E-state index in [1.54, 1.807) is 7.11 Å². The first-order chi connectivity index (χ1) is 12.9. The van der Waals surface area contributed by atoms with Gasteiger partial charge in [0.1, 0.15) is 21.4 Å². The molecule has 6 nitrogen and oxygen atoms in total. The zero-order valence-electron chi connectivity index (χ0n) is 15.0. The third kappa shape index (κ3) is 3.96. The van der Waals surface area contributed by atoms with Crippen molar-refractivity contribution in [2.45, 2.75) is 4.90 Å². The molecule has 1 aliphatic rings. The van der Waals surface area contributed by atoms with Gasteiger partial charge in [0.2, 0.25) is 10.0 Å². The lowest BCUT2D eigenvalue weighted by Crippen LogP contribution is -2.48. The second kappa shape index (κ2) is 8.14. The average molecular weight is 431 g/mol. The van der Waals surface area contributed by atoms with Crippen LogP contribution in [0.2, 0.25) is 10.0 Å². The zero-order valence-corrected chi connectivity index (χ0v) is 17.3. The van der Waals surface area contributed by atoms with Crippen LogP contribution in [0.4, 0.5) is 5.69 Å². The van der Waals surface area contributed by atoms with Gasteiger partial charge in [0.05, 0.1) is 19.2 Å². The third-order valence-electron chi connectivity index (χ3n) is 4.53. The molecule has 2 aromatic carbocycles. The van der Waals surface area contributed by atoms with E-state index in [1.165, 1.54) is 23.5 Å². The Morgan fingerprint density at radius 2 is 1.48 bits per heavy atom. The van der Waals surface area contributed by atoms with Crippen LogP contribution in [0.1, 0.15) is 0 Å². The minimum Gasteiger partial charge on any atom is -0.497 e. The molecule has 1 heterocycles. The summed E-state index contributed by atoms with van der Waals surface area (Å²) >= 11 is 12.3. The highest BCUT2D eigenvalue weighted by molar-refractivity contribution is 7.89. The number of benzene rings is 2. The van der Waals surface area contributed by atoms with E-state index in [0.717, 1.165) is 11.4 Å². The lowest BCUT2D eigenvalue weighted by molar-refractivity contribution is 0.384. The van der Waals surface area contributed by atoms with Gasteiger partial charge in [0.25, 0.3) is 0 Å². The van der Waals surface area contributed by atoms with Gasteiger partial charge in [0.15, 0.2) is 0 Å². The maximum Gasteiger partial charge on any atom is 0.244 e. The fourth-order valence-corrected chi connectivity index (χ4v) is 5.23. The lowest BCUT2D eigenvalue weighted by Gasteiger charge is -2.35. The van der Waals surface area contributed by atoms with E-state index in [9.17, 15) is 8.42 Å². The van der Waals surface area contributed by atoms with E-state index < -0.39 is 10.0 Å². The van der Waals surface area contributed by atoms with Crippen LogP contribution >= 0.6 is 23.2 Å². The second-order valence-corrected chi connectivity index (χ2v) is 8.65. The number of sulfonamides is 1. The van der Waals surface area contributed by atoms with Crippen molar-refractivity contribution in [1.82, 2.24) is 4.31 Å². The van der Waals surface area contributed by atoms with Crippen molar-refractivity contribution < 1.29 is 17.9 Å². The molecular formula is C18H20Cl2N2O4S. The molecule has 0 aliphatic carbocycles. The van der Waals surface area contributed by atoms with Crippen molar-refractivity contribution in [1.29, 1.82) is 0 Å². The first-order valence-electron chi connectivity index (χ1n) is 8.29. The predicted octanol–water partition coefficient (Wildman–Crippen LogP) is 3.52. The molecule has 3 rings (SSSR count). The standard InChI is InChI=1S/C18H20Cl2N2O4S/c1-25-14-5-3-13(4-6-14)21-9-11-22(12-10-21)27(23,24)16-8-7-15(26-2)17(19)18(16)20/h3-8H,9-12H2,1-2H3. The van der Waals surface area contributed by atoms with E-state index in [-0.39, 0.29) is 14.9 Å². The summed E-state index contributed by atoms with van der Waals surface area (Å²) in [5.74, 6) is 1.12. The van der Waals surface area contributed by atoms with Crippen LogP contribution in [-0.2, 0) is 10.0 Å². The number of hydrogen-bond donors (Lipinski definition) is 0. The second-order valence-electron chi connectivity index (χ2n) is 5.98. The SMILES string of the molecule is COc1ccc(N2CCN(S(=O)(=O)c3ccc(OC)c(Cl)c3Cl)CC2)cc1. The van der Waals surface area contributed by atoms with Crippen LogP contribution in [0.5, 0.6) is 11.5 Å². The lowest BCUT2D eigenvalue weighted by atomic mass is 10.2. The van der Waals surface area contributed by atoms with Gasteiger partial charge < -0.3 is 14.4 Å². The molecular weight excluding hydrogens is 411 g/mol. The number of halogens is 2. The van der Waals surface area contributed by atoms with Crippen LogP contribution in [0.25, 0.3) is 0 Å². The average Bonchev–Trinajstić information content (AvgIpc) is 2.70. The predicted molar refractivity (Wildman–Crippen MR) is 107 cm³/mol. The summed E-state index contributed by atoms with van der Waals surface area (Å²) in [6.07, 6.45) is 0. The number of piperazine rings is 1. The molecule has 0 N–H and O–H groups in total. The zero-order chi connectivity index (χ0) is 19.6. The smallest absolute Gasteiger partial charge is 0.244 e. The summed E-state index contributed by atoms with van der Waals surface area (Å²) in [7, 11) is -0.673. The molecule has 1 saturated heterocycles. The highest BCUT2D eigenvalue weighted by Crippen LogP contribution is 2.38. The van der Waals surface area contributed by atoms with Gasteiger partial charge in [-0.05, 0) is 36.4 Å². The monoisotopic (exact) mass is 430 g/mol. The minimum absolute atomic E-state index is 0.00661. The summed E-state index contributed by atoms with van der Waals surface area (Å²) in [4.78, 5) is 2.13. The molecule has 2 aromatic rings. The van der Waals surface area contributed by atoms with E-state index in [0.29, 0.717) is 31.9 Å². The summed E-state index contributed by atoms with van der Waals surface area (Å²) in [5, 5.41) is 0.0747. The fraction of sp³-hybridized carbons (Fsp3) is 0.333. The quantitative estimate of drug-likeness (QED) is 0.725. The molecule has 0 radical (unpaired) electrons. The van der Waals surface area contributed by atoms with Gasteiger partial charge in [-0.25, -0.2) is 8.42 Å². The van der Waals surface area contributed by atoms with Gasteiger partial charge in [-0.1, -0.05) is 23.2 Å². The Balaban J connectivity index is 1.75. The van der Waals surface area contributed by atoms with Crippen LogP contribution in [0.15, 0.2) is 41.3 Å². The van der Waals surface area contributed by atoms with Crippen molar-refractivity contribution in [3.63, 3.8) is 0 Å². The Morgan fingerprint density at radius 3 is 2.04 bits per heavy atom. The van der Waals surface area contributed by atoms with Crippen molar-refractivity contribution in [3.05, 3.63) is 46.4 Å². The topological polar surface area (TPSA) is 59.1 Å². The number of nitrogens with zero attached hydrogens (tertiary/aromatic N) is 2. The normalized spacial score (nSPS) is 15.6. The molecule has 27 heavy (non-hydrogen) atoms. The molecule has 0 amide bonds. The van der Waals surface area contributed by atoms with E-state index in [1.807, 2.05) is 24.3 Å². The molecule has 1 fully saturated rings. The largest absolute Gasteiger partial charge is 0.497 e. The summed E-state index contributed by atoms with van der Waals surface area (Å²) in [6.45, 7) is 1.86. The number of anilines is 1. The Labute approximate surface area is 169 Å². The molecule has 0 unspecified atom stereocenters. The molecule has 0 bridgehead atoms. The van der Waals surface area contributed by atoms with Gasteiger partial charge in [0, 0.05) is 31.9 Å². The van der Waals surface area contributed by atoms with Crippen LogP contribution in [0, 0.1) is 0 Å². The Morgan fingerprint density at radius 1 is 0.852 bits per heavy atom. The first kappa shape index (κ1) is 20.1. The third-order valence-corrected chi connectivity index (χ3v) is 7.44. The number of methoxy groups -OCH3 is 2. The Hall–Kier alpha value is -1.67. The van der Waals surface area contributed by atoms with E-state index in [2.05, 4.69) is 4.90 Å². The molecule has 9 heteroatoms. The summed E-state index contributed by atoms with van der Waals surface area (Å²) in [5.41, 5.74) is 1.03. The first-order valence-corrected chi connectivity index (χ1v) is 10.5. The Kier molecular flexibility index (Phi) is 6.05. The highest BCUT2D eigenvalue weighted by atomic mass is 35.5. The van der Waals surface area contributed by atoms with Gasteiger partial charge in [-0.2, -0.15) is 4.31 Å². The van der Waals surface area contributed by atoms with E-state index in [4.69, 9.17) is 32.7 Å². The minimum atomic E-state index is -3.74. The molecule has 0 aromatic heterocycles. The number of rotatable bonds is 5. The van der Waals surface area contributed by atoms with Crippen molar-refractivity contribution in [3.8, 4) is 11.5 Å². The van der Waals surface area contributed by atoms with Gasteiger partial charge in [-0.3, -0.25) is 0 Å². The molecule has 1 aliphatic heterocycles. The van der Waals surface area contributed by atoms with Gasteiger partial charge in [-0.15, -0.1) is 0 Å². The molecule has 146 valence electrons. The Bertz CT molecular complexity index is 912. The van der Waals surface area contributed by atoms with Crippen LogP contribution < -0.4 is 14.4 Å². The molecule has 0 atom stereocenters. The van der Waals surface area contributed by atoms with Crippen molar-refractivity contribution in [2.24, 2.45) is 0 Å². The molecule has 0 spiro atoms. The van der Waals surface area contributed by atoms with E-state index >= 15 is 0 Å². The summed E-state index contributed by atoms with van der Waals surface area (Å²) < 4.78 is 37.7. The number of ether oxygens (including phenoxy) is 2. The van der Waals surface area contributed by atoms with Crippen LogP contribution in [0.3, 0.4) is 0 Å². The maximum atomic E-state index is 13.0. The van der Waals surface area contributed by atoms with Crippen molar-refractivity contribution >= 4 is 38.9 Å². The summed E-state index contributed by atoms with van der Waals surface area (Å²) in [6, 6.07) is 10.6. The molecule has 0 saturated carbocycles. The fourth-order valence-electron chi connectivity index (χ4n) is 2.99. The maximum absolute atomic E-state index is 13.0.